The quantitative estimate of drug-likeness (QED) is 0.847. The minimum Gasteiger partial charge on any atom is -0.478 e. The number of benzene rings is 1. The van der Waals surface area contributed by atoms with Crippen molar-refractivity contribution in [3.8, 4) is 0 Å². The summed E-state index contributed by atoms with van der Waals surface area (Å²) < 4.78 is 0. The van der Waals surface area contributed by atoms with E-state index < -0.39 is 5.97 Å². The summed E-state index contributed by atoms with van der Waals surface area (Å²) in [6.45, 7) is 0. The third-order valence-corrected chi connectivity index (χ3v) is 2.88. The Morgan fingerprint density at radius 2 is 2.12 bits per heavy atom. The number of hydrogen-bond donors (Lipinski definition) is 2. The Bertz CT molecular complexity index is 591. The summed E-state index contributed by atoms with van der Waals surface area (Å²) in [5.41, 5.74) is 1.02. The standard InChI is InChI=1S/C13H12N2O2/c16-13(17)10-7-12(14-8-5-6-8)15-11-4-2-1-3-9(10)11/h1-4,7-8H,5-6H2,(H,14,15)(H,16,17). The monoisotopic (exact) mass is 228 g/mol. The van der Waals surface area contributed by atoms with E-state index >= 15 is 0 Å². The molecule has 1 aromatic heterocycles. The maximum atomic E-state index is 11.2. The number of rotatable bonds is 3. The zero-order valence-electron chi connectivity index (χ0n) is 9.18. The molecule has 0 aliphatic heterocycles. The molecule has 0 bridgehead atoms. The summed E-state index contributed by atoms with van der Waals surface area (Å²) >= 11 is 0. The smallest absolute Gasteiger partial charge is 0.336 e. The minimum absolute atomic E-state index is 0.304. The number of carbonyl (C=O) groups is 1. The van der Waals surface area contributed by atoms with Crippen molar-refractivity contribution < 1.29 is 9.90 Å². The van der Waals surface area contributed by atoms with Crippen LogP contribution in [0.3, 0.4) is 0 Å². The number of hydrogen-bond acceptors (Lipinski definition) is 3. The molecule has 0 spiro atoms. The highest BCUT2D eigenvalue weighted by Gasteiger charge is 2.22. The lowest BCUT2D eigenvalue weighted by atomic mass is 10.1. The van der Waals surface area contributed by atoms with Crippen LogP contribution in [-0.4, -0.2) is 22.1 Å². The Morgan fingerprint density at radius 1 is 1.35 bits per heavy atom. The summed E-state index contributed by atoms with van der Waals surface area (Å²) in [5.74, 6) is -0.258. The van der Waals surface area contributed by atoms with Crippen molar-refractivity contribution in [1.29, 1.82) is 0 Å². The molecule has 0 saturated heterocycles. The Hall–Kier alpha value is -2.10. The summed E-state index contributed by atoms with van der Waals surface area (Å²) in [5, 5.41) is 13.1. The summed E-state index contributed by atoms with van der Waals surface area (Å²) in [7, 11) is 0. The van der Waals surface area contributed by atoms with Crippen LogP contribution in [0.5, 0.6) is 0 Å². The Labute approximate surface area is 98.3 Å². The number of para-hydroxylation sites is 1. The number of fused-ring (bicyclic) bond motifs is 1. The lowest BCUT2D eigenvalue weighted by Crippen LogP contribution is -2.06. The molecule has 0 amide bonds. The zero-order chi connectivity index (χ0) is 11.8. The number of aromatic carboxylic acids is 1. The fourth-order valence-corrected chi connectivity index (χ4v) is 1.86. The van der Waals surface area contributed by atoms with Gasteiger partial charge in [0.1, 0.15) is 5.82 Å². The lowest BCUT2D eigenvalue weighted by molar-refractivity contribution is 0.0699. The third kappa shape index (κ3) is 1.93. The van der Waals surface area contributed by atoms with Gasteiger partial charge in [0.2, 0.25) is 0 Å². The minimum atomic E-state index is -0.914. The zero-order valence-corrected chi connectivity index (χ0v) is 9.18. The fourth-order valence-electron chi connectivity index (χ4n) is 1.86. The first-order chi connectivity index (χ1) is 8.24. The maximum absolute atomic E-state index is 11.2. The molecule has 1 aromatic carbocycles. The second-order valence-corrected chi connectivity index (χ2v) is 4.30. The summed E-state index contributed by atoms with van der Waals surface area (Å²) in [4.78, 5) is 15.6. The van der Waals surface area contributed by atoms with E-state index in [4.69, 9.17) is 0 Å². The lowest BCUT2D eigenvalue weighted by Gasteiger charge is -2.07. The van der Waals surface area contributed by atoms with Gasteiger partial charge in [0, 0.05) is 11.4 Å². The second-order valence-electron chi connectivity index (χ2n) is 4.30. The second kappa shape index (κ2) is 3.73. The maximum Gasteiger partial charge on any atom is 0.336 e. The van der Waals surface area contributed by atoms with Crippen molar-refractivity contribution in [3.63, 3.8) is 0 Å². The van der Waals surface area contributed by atoms with Crippen LogP contribution < -0.4 is 5.32 Å². The molecule has 1 heterocycles. The molecule has 2 N–H and O–H groups in total. The van der Waals surface area contributed by atoms with Crippen LogP contribution in [0.2, 0.25) is 0 Å². The van der Waals surface area contributed by atoms with Crippen molar-refractivity contribution in [2.24, 2.45) is 0 Å². The molecule has 3 rings (SSSR count). The van der Waals surface area contributed by atoms with Gasteiger partial charge in [-0.25, -0.2) is 9.78 Å². The van der Waals surface area contributed by atoms with E-state index in [9.17, 15) is 9.90 Å². The average molecular weight is 228 g/mol. The van der Waals surface area contributed by atoms with Gasteiger partial charge < -0.3 is 10.4 Å². The van der Waals surface area contributed by atoms with E-state index in [0.29, 0.717) is 22.8 Å². The molecular formula is C13H12N2O2. The molecule has 2 aromatic rings. The van der Waals surface area contributed by atoms with Crippen LogP contribution in [0.1, 0.15) is 23.2 Å². The number of nitrogens with one attached hydrogen (secondary N) is 1. The average Bonchev–Trinajstić information content (AvgIpc) is 3.11. The van der Waals surface area contributed by atoms with Crippen LogP contribution in [0.25, 0.3) is 10.9 Å². The van der Waals surface area contributed by atoms with Crippen molar-refractivity contribution >= 4 is 22.7 Å². The van der Waals surface area contributed by atoms with Gasteiger partial charge in [-0.3, -0.25) is 0 Å². The van der Waals surface area contributed by atoms with Gasteiger partial charge in [-0.1, -0.05) is 18.2 Å². The number of pyridine rings is 1. The van der Waals surface area contributed by atoms with Crippen LogP contribution in [0.4, 0.5) is 5.82 Å². The van der Waals surface area contributed by atoms with Gasteiger partial charge >= 0.3 is 5.97 Å². The molecule has 1 saturated carbocycles. The van der Waals surface area contributed by atoms with Crippen molar-refractivity contribution in [3.05, 3.63) is 35.9 Å². The van der Waals surface area contributed by atoms with Gasteiger partial charge in [0.05, 0.1) is 11.1 Å². The van der Waals surface area contributed by atoms with Crippen LogP contribution >= 0.6 is 0 Å². The highest BCUT2D eigenvalue weighted by Crippen LogP contribution is 2.26. The SMILES string of the molecule is O=C(O)c1cc(NC2CC2)nc2ccccc12. The van der Waals surface area contributed by atoms with Crippen LogP contribution in [-0.2, 0) is 0 Å². The third-order valence-electron chi connectivity index (χ3n) is 2.88. The van der Waals surface area contributed by atoms with Gasteiger partial charge in [0.25, 0.3) is 0 Å². The van der Waals surface area contributed by atoms with E-state index in [1.807, 2.05) is 18.2 Å². The molecule has 1 fully saturated rings. The number of carboxylic acids is 1. The molecule has 4 nitrogen and oxygen atoms in total. The number of aromatic nitrogens is 1. The first-order valence-corrected chi connectivity index (χ1v) is 5.63. The highest BCUT2D eigenvalue weighted by molar-refractivity contribution is 6.03. The normalized spacial score (nSPS) is 14.8. The molecule has 4 heteroatoms. The first kappa shape index (κ1) is 10.1. The van der Waals surface area contributed by atoms with E-state index in [0.717, 1.165) is 18.4 Å². The van der Waals surface area contributed by atoms with Gasteiger partial charge in [0.15, 0.2) is 0 Å². The molecule has 1 aliphatic rings. The summed E-state index contributed by atoms with van der Waals surface area (Å²) in [6, 6.07) is 9.38. The highest BCUT2D eigenvalue weighted by atomic mass is 16.4. The number of carboxylic acid groups (broad SMARTS) is 1. The predicted octanol–water partition coefficient (Wildman–Crippen LogP) is 2.51. The number of anilines is 1. The van der Waals surface area contributed by atoms with E-state index in [-0.39, 0.29) is 0 Å². The van der Waals surface area contributed by atoms with Crippen LogP contribution in [0, 0.1) is 0 Å². The van der Waals surface area contributed by atoms with E-state index in [1.54, 1.807) is 12.1 Å². The van der Waals surface area contributed by atoms with Crippen molar-refractivity contribution in [1.82, 2.24) is 4.98 Å². The van der Waals surface area contributed by atoms with Crippen molar-refractivity contribution in [2.45, 2.75) is 18.9 Å². The molecule has 0 atom stereocenters. The molecule has 0 unspecified atom stereocenters. The van der Waals surface area contributed by atoms with Gasteiger partial charge in [-0.05, 0) is 25.0 Å². The molecule has 17 heavy (non-hydrogen) atoms. The molecule has 1 aliphatic carbocycles. The Morgan fingerprint density at radius 3 is 2.82 bits per heavy atom. The Balaban J connectivity index is 2.15. The topological polar surface area (TPSA) is 62.2 Å². The van der Waals surface area contributed by atoms with Crippen LogP contribution in [0.15, 0.2) is 30.3 Å². The van der Waals surface area contributed by atoms with E-state index in [1.165, 1.54) is 0 Å². The van der Waals surface area contributed by atoms with Crippen molar-refractivity contribution in [2.75, 3.05) is 5.32 Å². The first-order valence-electron chi connectivity index (χ1n) is 5.63. The van der Waals surface area contributed by atoms with Gasteiger partial charge in [-0.2, -0.15) is 0 Å². The molecule has 86 valence electrons. The number of nitrogens with zero attached hydrogens (tertiary/aromatic N) is 1. The molecule has 0 radical (unpaired) electrons. The molecular weight excluding hydrogens is 216 g/mol. The Kier molecular flexibility index (Phi) is 2.21. The largest absolute Gasteiger partial charge is 0.478 e. The van der Waals surface area contributed by atoms with E-state index in [2.05, 4.69) is 10.3 Å². The summed E-state index contributed by atoms with van der Waals surface area (Å²) in [6.07, 6.45) is 2.27. The fraction of sp³-hybridized carbons (Fsp3) is 0.231. The van der Waals surface area contributed by atoms with Gasteiger partial charge in [-0.15, -0.1) is 0 Å². The predicted molar refractivity (Wildman–Crippen MR) is 65.3 cm³/mol.